The molecule has 0 aliphatic heterocycles. The Morgan fingerprint density at radius 3 is 1.31 bits per heavy atom. The first-order valence-corrected chi connectivity index (χ1v) is 15.3. The molecule has 4 aliphatic rings. The molecule has 1 heterocycles. The summed E-state index contributed by atoms with van der Waals surface area (Å²) in [6, 6.07) is 5.05. The summed E-state index contributed by atoms with van der Waals surface area (Å²) in [5.74, 6) is 0.192. The van der Waals surface area contributed by atoms with Crippen LogP contribution >= 0.6 is 0 Å². The third-order valence-corrected chi connectivity index (χ3v) is 9.57. The van der Waals surface area contributed by atoms with E-state index in [1.165, 1.54) is 77.0 Å². The molecule has 5 rings (SSSR count). The molecule has 0 radical (unpaired) electrons. The maximum atomic E-state index is 14.1. The quantitative estimate of drug-likeness (QED) is 0.418. The first-order valence-electron chi connectivity index (χ1n) is 15.3. The van der Waals surface area contributed by atoms with Crippen molar-refractivity contribution in [3.63, 3.8) is 0 Å². The van der Waals surface area contributed by atoms with Gasteiger partial charge in [-0.15, -0.1) is 0 Å². The van der Waals surface area contributed by atoms with Crippen LogP contribution in [-0.4, -0.2) is 50.8 Å². The molecule has 0 atom stereocenters. The summed E-state index contributed by atoms with van der Waals surface area (Å²) in [6.45, 7) is 0. The van der Waals surface area contributed by atoms with E-state index in [4.69, 9.17) is 0 Å². The number of nitrogens with zero attached hydrogens (tertiary/aromatic N) is 3. The van der Waals surface area contributed by atoms with E-state index >= 15 is 0 Å². The highest BCUT2D eigenvalue weighted by Gasteiger charge is 2.36. The van der Waals surface area contributed by atoms with Gasteiger partial charge in [0, 0.05) is 35.9 Å². The van der Waals surface area contributed by atoms with Gasteiger partial charge >= 0.3 is 0 Å². The van der Waals surface area contributed by atoms with Gasteiger partial charge in [-0.25, -0.2) is 0 Å². The molecule has 0 unspecified atom stereocenters. The molecule has 2 amide bonds. The molecule has 0 saturated heterocycles. The number of hydrogen-bond acceptors (Lipinski definition) is 3. The highest BCUT2D eigenvalue weighted by Crippen LogP contribution is 2.33. The van der Waals surface area contributed by atoms with E-state index in [0.29, 0.717) is 35.4 Å². The van der Waals surface area contributed by atoms with Crippen molar-refractivity contribution in [1.29, 1.82) is 0 Å². The average molecular weight is 494 g/mol. The summed E-state index contributed by atoms with van der Waals surface area (Å²) in [6.07, 6.45) is 25.5. The summed E-state index contributed by atoms with van der Waals surface area (Å²) in [7, 11) is 0. The second kappa shape index (κ2) is 12.6. The molecule has 4 fully saturated rings. The topological polar surface area (TPSA) is 53.5 Å². The van der Waals surface area contributed by atoms with E-state index in [2.05, 4.69) is 14.8 Å². The molecule has 36 heavy (non-hydrogen) atoms. The zero-order valence-electron chi connectivity index (χ0n) is 22.3. The maximum absolute atomic E-state index is 14.1. The molecule has 0 N–H and O–H groups in total. The molecular weight excluding hydrogens is 446 g/mol. The number of pyridine rings is 1. The average Bonchev–Trinajstić information content (AvgIpc) is 2.96. The van der Waals surface area contributed by atoms with Gasteiger partial charge in [0.1, 0.15) is 5.69 Å². The van der Waals surface area contributed by atoms with E-state index in [0.717, 1.165) is 51.4 Å². The number of amides is 2. The second-order valence-electron chi connectivity index (χ2n) is 12.0. The van der Waals surface area contributed by atoms with Crippen LogP contribution in [0.4, 0.5) is 0 Å². The normalized spacial score (nSPS) is 23.3. The summed E-state index contributed by atoms with van der Waals surface area (Å²) >= 11 is 0. The van der Waals surface area contributed by atoms with E-state index in [1.807, 2.05) is 12.1 Å². The van der Waals surface area contributed by atoms with Gasteiger partial charge < -0.3 is 9.80 Å². The van der Waals surface area contributed by atoms with Gasteiger partial charge in [0.25, 0.3) is 11.8 Å². The van der Waals surface area contributed by atoms with Crippen LogP contribution in [0.5, 0.6) is 0 Å². The fourth-order valence-corrected chi connectivity index (χ4v) is 7.66. The zero-order valence-corrected chi connectivity index (χ0v) is 22.3. The van der Waals surface area contributed by atoms with Crippen LogP contribution in [0.3, 0.4) is 0 Å². The molecule has 0 spiro atoms. The highest BCUT2D eigenvalue weighted by atomic mass is 16.2. The molecule has 5 heteroatoms. The van der Waals surface area contributed by atoms with Crippen molar-refractivity contribution in [2.45, 2.75) is 153 Å². The van der Waals surface area contributed by atoms with Crippen LogP contribution in [0.15, 0.2) is 18.3 Å². The van der Waals surface area contributed by atoms with Crippen molar-refractivity contribution < 1.29 is 9.59 Å². The van der Waals surface area contributed by atoms with Crippen LogP contribution in [0.2, 0.25) is 0 Å². The number of carbonyl (C=O) groups excluding carboxylic acids is 2. The molecule has 198 valence electrons. The largest absolute Gasteiger partial charge is 0.333 e. The third kappa shape index (κ3) is 5.97. The van der Waals surface area contributed by atoms with Crippen LogP contribution in [-0.2, 0) is 0 Å². The predicted molar refractivity (Wildman–Crippen MR) is 144 cm³/mol. The summed E-state index contributed by atoms with van der Waals surface area (Å²) in [4.78, 5) is 37.1. The van der Waals surface area contributed by atoms with Crippen molar-refractivity contribution in [2.24, 2.45) is 0 Å². The SMILES string of the molecule is O=C(c1ccnc(C(=O)N(C2CCCCC2)C2CCCCC2)c1)N(C1CCCCC1)C1CCCCC1. The Kier molecular flexibility index (Phi) is 8.97. The lowest BCUT2D eigenvalue weighted by molar-refractivity contribution is 0.0441. The van der Waals surface area contributed by atoms with E-state index in [-0.39, 0.29) is 11.8 Å². The molecule has 1 aromatic rings. The Labute approximate surface area is 218 Å². The van der Waals surface area contributed by atoms with Crippen LogP contribution in [0.1, 0.15) is 149 Å². The smallest absolute Gasteiger partial charge is 0.272 e. The Morgan fingerprint density at radius 2 is 0.917 bits per heavy atom. The lowest BCUT2D eigenvalue weighted by Gasteiger charge is -2.42. The Morgan fingerprint density at radius 1 is 0.556 bits per heavy atom. The summed E-state index contributed by atoms with van der Waals surface area (Å²) in [5.41, 5.74) is 1.14. The molecular formula is C31H47N3O2. The lowest BCUT2D eigenvalue weighted by Crippen LogP contribution is -2.49. The van der Waals surface area contributed by atoms with E-state index < -0.39 is 0 Å². The summed E-state index contributed by atoms with van der Waals surface area (Å²) < 4.78 is 0. The lowest BCUT2D eigenvalue weighted by atomic mass is 9.88. The number of hydrogen-bond donors (Lipinski definition) is 0. The molecule has 0 bridgehead atoms. The van der Waals surface area contributed by atoms with Gasteiger partial charge in [-0.2, -0.15) is 0 Å². The Hall–Kier alpha value is -1.91. The van der Waals surface area contributed by atoms with Gasteiger partial charge in [0.05, 0.1) is 0 Å². The minimum atomic E-state index is 0.0605. The van der Waals surface area contributed by atoms with Gasteiger partial charge in [-0.3, -0.25) is 14.6 Å². The van der Waals surface area contributed by atoms with Gasteiger partial charge in [0.15, 0.2) is 0 Å². The predicted octanol–water partition coefficient (Wildman–Crippen LogP) is 7.30. The standard InChI is InChI=1S/C31H47N3O2/c35-30(33(25-13-5-1-6-14-25)26-15-7-2-8-16-26)24-21-22-32-29(23-24)31(36)34(27-17-9-3-10-18-27)28-19-11-4-12-20-28/h21-23,25-28H,1-20H2. The van der Waals surface area contributed by atoms with Crippen LogP contribution in [0.25, 0.3) is 0 Å². The summed E-state index contributed by atoms with van der Waals surface area (Å²) in [5, 5.41) is 0. The van der Waals surface area contributed by atoms with Crippen molar-refractivity contribution in [3.8, 4) is 0 Å². The van der Waals surface area contributed by atoms with Crippen LogP contribution in [0, 0.1) is 0 Å². The van der Waals surface area contributed by atoms with Gasteiger partial charge in [-0.1, -0.05) is 77.0 Å². The Balaban J connectivity index is 1.39. The Bertz CT molecular complexity index is 759. The van der Waals surface area contributed by atoms with Crippen molar-refractivity contribution in [3.05, 3.63) is 29.6 Å². The molecule has 4 aliphatic carbocycles. The fraction of sp³-hybridized carbons (Fsp3) is 0.774. The van der Waals surface area contributed by atoms with Crippen LogP contribution < -0.4 is 0 Å². The minimum absolute atomic E-state index is 0.0605. The second-order valence-corrected chi connectivity index (χ2v) is 12.0. The fourth-order valence-electron chi connectivity index (χ4n) is 7.66. The molecule has 5 nitrogen and oxygen atoms in total. The first kappa shape index (κ1) is 25.7. The van der Waals surface area contributed by atoms with E-state index in [9.17, 15) is 9.59 Å². The number of carbonyl (C=O) groups is 2. The highest BCUT2D eigenvalue weighted by molar-refractivity contribution is 5.99. The molecule has 0 aromatic carbocycles. The first-order chi connectivity index (χ1) is 17.7. The van der Waals surface area contributed by atoms with Gasteiger partial charge in [0.2, 0.25) is 0 Å². The monoisotopic (exact) mass is 493 g/mol. The zero-order chi connectivity index (χ0) is 24.7. The van der Waals surface area contributed by atoms with Crippen molar-refractivity contribution >= 4 is 11.8 Å². The number of rotatable bonds is 6. The minimum Gasteiger partial charge on any atom is -0.333 e. The van der Waals surface area contributed by atoms with Crippen molar-refractivity contribution in [2.75, 3.05) is 0 Å². The number of aromatic nitrogens is 1. The molecule has 1 aromatic heterocycles. The van der Waals surface area contributed by atoms with Crippen molar-refractivity contribution in [1.82, 2.24) is 14.8 Å². The maximum Gasteiger partial charge on any atom is 0.272 e. The third-order valence-electron chi connectivity index (χ3n) is 9.57. The van der Waals surface area contributed by atoms with E-state index in [1.54, 1.807) is 6.20 Å². The van der Waals surface area contributed by atoms with Gasteiger partial charge in [-0.05, 0) is 63.5 Å². The molecule has 4 saturated carbocycles.